The van der Waals surface area contributed by atoms with E-state index in [9.17, 15) is 9.79 Å². The van der Waals surface area contributed by atoms with E-state index in [1.807, 2.05) is 17.5 Å². The Balaban J connectivity index is 2.42. The maximum absolute atomic E-state index is 12.3. The van der Waals surface area contributed by atoms with Crippen LogP contribution in [0.3, 0.4) is 0 Å². The summed E-state index contributed by atoms with van der Waals surface area (Å²) in [6.45, 7) is 4.36. The van der Waals surface area contributed by atoms with Gasteiger partial charge in [0.15, 0.2) is 0 Å². The van der Waals surface area contributed by atoms with Crippen molar-refractivity contribution in [3.05, 3.63) is 22.4 Å². The van der Waals surface area contributed by atoms with Crippen LogP contribution in [0, 0.1) is 0 Å². The average Bonchev–Trinajstić information content (AvgIpc) is 3.08. The molecule has 0 N–H and O–H groups in total. The molecule has 110 valence electrons. The highest BCUT2D eigenvalue weighted by molar-refractivity contribution is 8.03. The van der Waals surface area contributed by atoms with E-state index in [0.717, 1.165) is 4.88 Å². The first kappa shape index (κ1) is 16.6. The van der Waals surface area contributed by atoms with Gasteiger partial charge in [-0.3, -0.25) is 0 Å². The van der Waals surface area contributed by atoms with Crippen LogP contribution >= 0.6 is 39.1 Å². The van der Waals surface area contributed by atoms with Crippen LogP contribution in [-0.2, 0) is 9.05 Å². The molecule has 3 atom stereocenters. The van der Waals surface area contributed by atoms with Gasteiger partial charge in [0.2, 0.25) is 26.6 Å². The van der Waals surface area contributed by atoms with Crippen LogP contribution in [0.4, 0.5) is 0 Å². The Hall–Kier alpha value is 0.230. The summed E-state index contributed by atoms with van der Waals surface area (Å²) >= 11 is 3.25. The second kappa shape index (κ2) is 8.02. The minimum absolute atomic E-state index is 0.0282. The third-order valence-corrected chi connectivity index (χ3v) is 8.32. The predicted octanol–water partition coefficient (Wildman–Crippen LogP) is 2.30. The molecule has 3 unspecified atom stereocenters. The Morgan fingerprint density at radius 3 is 2.55 bits per heavy atom. The molecule has 20 heavy (non-hydrogen) atoms. The van der Waals surface area contributed by atoms with Crippen LogP contribution in [0.2, 0.25) is 0 Å². The molecule has 1 saturated heterocycles. The van der Waals surface area contributed by atoms with Crippen molar-refractivity contribution in [1.82, 2.24) is 0 Å². The highest BCUT2D eigenvalue weighted by atomic mass is 32.2. The monoisotopic (exact) mass is 350 g/mol. The van der Waals surface area contributed by atoms with Gasteiger partial charge < -0.3 is 9.79 Å². The van der Waals surface area contributed by atoms with Gasteiger partial charge in [0.05, 0.1) is 19.0 Å². The Morgan fingerprint density at radius 2 is 1.95 bits per heavy atom. The molecule has 4 nitrogen and oxygen atoms in total. The molecule has 1 aliphatic rings. The molecule has 1 fully saturated rings. The fourth-order valence-corrected chi connectivity index (χ4v) is 7.56. The number of thioether (sulfide) groups is 1. The first-order chi connectivity index (χ1) is 9.69. The molecule has 0 saturated carbocycles. The van der Waals surface area contributed by atoms with Crippen molar-refractivity contribution >= 4 is 49.7 Å². The van der Waals surface area contributed by atoms with Crippen molar-refractivity contribution in [2.45, 2.75) is 19.1 Å². The van der Waals surface area contributed by atoms with Gasteiger partial charge in [0.25, 0.3) is 0 Å². The number of hydrogen-bond donors (Lipinski definition) is 0. The van der Waals surface area contributed by atoms with Crippen LogP contribution in [-0.4, -0.2) is 29.6 Å². The molecule has 1 aromatic heterocycles. The van der Waals surface area contributed by atoms with E-state index in [1.165, 1.54) is 0 Å². The SMILES string of the molecule is CCO[P+]([O-])=C1CSC(c2cccs2)C1=[P+]([O-])OCC. The number of hydrogen-bond acceptors (Lipinski definition) is 6. The summed E-state index contributed by atoms with van der Waals surface area (Å²) in [6.07, 6.45) is 0. The lowest BCUT2D eigenvalue weighted by molar-refractivity contribution is -0.173. The molecule has 0 spiro atoms. The molecular formula is C12H16O4P2S2. The van der Waals surface area contributed by atoms with Crippen molar-refractivity contribution < 1.29 is 18.8 Å². The van der Waals surface area contributed by atoms with Gasteiger partial charge >= 0.3 is 0 Å². The molecule has 0 amide bonds. The Kier molecular flexibility index (Phi) is 6.66. The van der Waals surface area contributed by atoms with Crippen LogP contribution in [0.25, 0.3) is 0 Å². The van der Waals surface area contributed by atoms with Crippen molar-refractivity contribution in [2.24, 2.45) is 0 Å². The average molecular weight is 350 g/mol. The second-order valence-corrected chi connectivity index (χ2v) is 8.53. The summed E-state index contributed by atoms with van der Waals surface area (Å²) in [4.78, 5) is 25.6. The zero-order chi connectivity index (χ0) is 14.5. The Labute approximate surface area is 129 Å². The molecule has 0 aromatic carbocycles. The zero-order valence-electron chi connectivity index (χ0n) is 11.3. The third kappa shape index (κ3) is 3.70. The van der Waals surface area contributed by atoms with E-state index in [2.05, 4.69) is 0 Å². The summed E-state index contributed by atoms with van der Waals surface area (Å²) in [5.41, 5.74) is 0. The molecule has 0 bridgehead atoms. The van der Waals surface area contributed by atoms with Gasteiger partial charge in [0, 0.05) is 4.88 Å². The third-order valence-electron chi connectivity index (χ3n) is 2.64. The van der Waals surface area contributed by atoms with Gasteiger partial charge in [-0.25, -0.2) is 0 Å². The summed E-state index contributed by atoms with van der Waals surface area (Å²) in [7, 11) is -3.87. The molecule has 1 aliphatic heterocycles. The fourth-order valence-electron chi connectivity index (χ4n) is 1.85. The number of thiophene rings is 1. The maximum Gasteiger partial charge on any atom is 0.230 e. The highest BCUT2D eigenvalue weighted by Crippen LogP contribution is 2.46. The van der Waals surface area contributed by atoms with Gasteiger partial charge in [-0.1, -0.05) is 6.07 Å². The smallest absolute Gasteiger partial charge is 0.230 e. The van der Waals surface area contributed by atoms with Crippen molar-refractivity contribution in [2.75, 3.05) is 19.0 Å². The fraction of sp³-hybridized carbons (Fsp3) is 0.500. The highest BCUT2D eigenvalue weighted by Gasteiger charge is 2.42. The zero-order valence-corrected chi connectivity index (χ0v) is 14.7. The van der Waals surface area contributed by atoms with Gasteiger partial charge in [-0.15, -0.1) is 23.1 Å². The van der Waals surface area contributed by atoms with Crippen molar-refractivity contribution in [3.63, 3.8) is 0 Å². The first-order valence-corrected chi connectivity index (χ1v) is 10.6. The second-order valence-electron chi connectivity index (χ2n) is 3.89. The van der Waals surface area contributed by atoms with Gasteiger partial charge in [-0.05, 0) is 25.3 Å². The van der Waals surface area contributed by atoms with Crippen molar-refractivity contribution in [3.8, 4) is 0 Å². The summed E-state index contributed by atoms with van der Waals surface area (Å²) in [5.74, 6) is 0.585. The van der Waals surface area contributed by atoms with Crippen LogP contribution in [0.5, 0.6) is 0 Å². The Bertz CT molecular complexity index is 514. The molecular weight excluding hydrogens is 334 g/mol. The molecule has 2 heterocycles. The van der Waals surface area contributed by atoms with Gasteiger partial charge in [-0.2, -0.15) is 9.05 Å². The molecule has 0 aliphatic carbocycles. The van der Waals surface area contributed by atoms with Gasteiger partial charge in [0.1, 0.15) is 5.25 Å². The van der Waals surface area contributed by atoms with E-state index in [-0.39, 0.29) is 5.25 Å². The standard InChI is InChI=1S/C12H16O4P2S2/c1-3-15-17(13)9-8-20-12(10-6-5-7-19-10)11(9)18(14)16-4-2/h5-7,12H,3-4,8H2,1-2H3. The van der Waals surface area contributed by atoms with Crippen molar-refractivity contribution in [1.29, 1.82) is 0 Å². The molecule has 2 rings (SSSR count). The quantitative estimate of drug-likeness (QED) is 0.763. The topological polar surface area (TPSA) is 64.6 Å². The van der Waals surface area contributed by atoms with Crippen LogP contribution < -0.4 is 9.79 Å². The predicted molar refractivity (Wildman–Crippen MR) is 86.6 cm³/mol. The minimum Gasteiger partial charge on any atom is -0.603 e. The summed E-state index contributed by atoms with van der Waals surface area (Å²) in [6, 6.07) is 3.97. The maximum atomic E-state index is 12.3. The lowest BCUT2D eigenvalue weighted by atomic mass is 10.2. The lowest BCUT2D eigenvalue weighted by Gasteiger charge is -2.07. The lowest BCUT2D eigenvalue weighted by Crippen LogP contribution is -2.19. The van der Waals surface area contributed by atoms with E-state index >= 15 is 0 Å². The molecule has 0 radical (unpaired) electrons. The summed E-state index contributed by atoms with van der Waals surface area (Å²) < 4.78 is 10.5. The van der Waals surface area contributed by atoms with E-state index in [4.69, 9.17) is 9.05 Å². The van der Waals surface area contributed by atoms with Crippen LogP contribution in [0.15, 0.2) is 17.5 Å². The largest absolute Gasteiger partial charge is 0.603 e. The van der Waals surface area contributed by atoms with E-state index < -0.39 is 16.0 Å². The van der Waals surface area contributed by atoms with E-state index in [1.54, 1.807) is 36.9 Å². The first-order valence-electron chi connectivity index (χ1n) is 6.27. The van der Waals surface area contributed by atoms with E-state index in [0.29, 0.717) is 29.6 Å². The van der Waals surface area contributed by atoms with Crippen LogP contribution in [0.1, 0.15) is 24.0 Å². The summed E-state index contributed by atoms with van der Waals surface area (Å²) in [5, 5.41) is 3.27. The molecule has 8 heteroatoms. The number of rotatable bonds is 5. The molecule has 1 aromatic rings. The Morgan fingerprint density at radius 1 is 1.25 bits per heavy atom. The normalized spacial score (nSPS) is 24.1. The minimum atomic E-state index is -1.96.